The third-order valence-electron chi connectivity index (χ3n) is 3.96. The number of methoxy groups -OCH3 is 2. The van der Waals surface area contributed by atoms with Crippen LogP contribution in [0.1, 0.15) is 0 Å². The van der Waals surface area contributed by atoms with Crippen LogP contribution in [0.25, 0.3) is 33.8 Å². The van der Waals surface area contributed by atoms with Crippen LogP contribution in [0.15, 0.2) is 42.5 Å². The van der Waals surface area contributed by atoms with Crippen molar-refractivity contribution in [2.24, 2.45) is 0 Å². The summed E-state index contributed by atoms with van der Waals surface area (Å²) in [5, 5.41) is 7.28. The summed E-state index contributed by atoms with van der Waals surface area (Å²) in [7, 11) is 3.18. The number of imidazole rings is 1. The minimum Gasteiger partial charge on any atom is -0.493 e. The highest BCUT2D eigenvalue weighted by atomic mass is 19.1. The van der Waals surface area contributed by atoms with Crippen LogP contribution in [0.4, 0.5) is 4.39 Å². The molecule has 2 aromatic heterocycles. The summed E-state index contributed by atoms with van der Waals surface area (Å²) >= 11 is 0. The fourth-order valence-electron chi connectivity index (χ4n) is 2.70. The van der Waals surface area contributed by atoms with E-state index in [2.05, 4.69) is 20.2 Å². The molecule has 2 aromatic carbocycles. The van der Waals surface area contributed by atoms with Gasteiger partial charge >= 0.3 is 0 Å². The van der Waals surface area contributed by atoms with Crippen LogP contribution in [0.2, 0.25) is 0 Å². The van der Waals surface area contributed by atoms with E-state index in [1.54, 1.807) is 20.3 Å². The second kappa shape index (κ2) is 5.94. The Kier molecular flexibility index (Phi) is 3.61. The van der Waals surface area contributed by atoms with Crippen molar-refractivity contribution < 1.29 is 13.9 Å². The molecule has 0 aliphatic heterocycles. The van der Waals surface area contributed by atoms with Gasteiger partial charge in [0.15, 0.2) is 17.3 Å². The number of benzene rings is 2. The SMILES string of the molecule is COc1ccc(-c2cc(-c3nc4ccc(F)cc4[nH]3)[nH]n2)cc1OC. The fourth-order valence-corrected chi connectivity index (χ4v) is 2.70. The summed E-state index contributed by atoms with van der Waals surface area (Å²) in [4.78, 5) is 7.55. The Bertz CT molecular complexity index is 1050. The van der Waals surface area contributed by atoms with E-state index in [1.807, 2.05) is 24.3 Å². The monoisotopic (exact) mass is 338 g/mol. The first kappa shape index (κ1) is 15.2. The van der Waals surface area contributed by atoms with Gasteiger partial charge in [-0.1, -0.05) is 0 Å². The van der Waals surface area contributed by atoms with Gasteiger partial charge in [-0.05, 0) is 42.5 Å². The number of nitrogens with zero attached hydrogens (tertiary/aromatic N) is 2. The molecule has 2 N–H and O–H groups in total. The van der Waals surface area contributed by atoms with E-state index in [9.17, 15) is 4.39 Å². The quantitative estimate of drug-likeness (QED) is 0.594. The maximum absolute atomic E-state index is 13.3. The minimum atomic E-state index is -0.307. The summed E-state index contributed by atoms with van der Waals surface area (Å²) in [6.45, 7) is 0. The van der Waals surface area contributed by atoms with Gasteiger partial charge in [0.05, 0.1) is 30.9 Å². The van der Waals surface area contributed by atoms with E-state index >= 15 is 0 Å². The molecular weight excluding hydrogens is 323 g/mol. The van der Waals surface area contributed by atoms with Crippen molar-refractivity contribution in [2.75, 3.05) is 14.2 Å². The molecule has 4 rings (SSSR count). The predicted molar refractivity (Wildman–Crippen MR) is 92.2 cm³/mol. The smallest absolute Gasteiger partial charge is 0.161 e. The van der Waals surface area contributed by atoms with Gasteiger partial charge < -0.3 is 14.5 Å². The molecule has 4 aromatic rings. The van der Waals surface area contributed by atoms with Gasteiger partial charge in [0.25, 0.3) is 0 Å². The number of H-pyrrole nitrogens is 2. The molecule has 0 unspecified atom stereocenters. The van der Waals surface area contributed by atoms with Crippen LogP contribution in [-0.4, -0.2) is 34.4 Å². The van der Waals surface area contributed by atoms with Gasteiger partial charge in [0, 0.05) is 5.56 Å². The lowest BCUT2D eigenvalue weighted by Gasteiger charge is -2.08. The largest absolute Gasteiger partial charge is 0.493 e. The molecule has 0 aliphatic rings. The standard InChI is InChI=1S/C18H15FN4O2/c1-24-16-6-3-10(7-17(16)25-2)13-9-15(23-22-13)18-20-12-5-4-11(19)8-14(12)21-18/h3-9H,1-2H3,(H,20,21)(H,22,23). The Labute approximate surface area is 142 Å². The number of hydrogen-bond acceptors (Lipinski definition) is 4. The molecule has 25 heavy (non-hydrogen) atoms. The van der Waals surface area contributed by atoms with Crippen LogP contribution < -0.4 is 9.47 Å². The molecule has 0 aliphatic carbocycles. The van der Waals surface area contributed by atoms with Gasteiger partial charge in [-0.2, -0.15) is 5.10 Å². The Morgan fingerprint density at radius 2 is 1.80 bits per heavy atom. The molecule has 0 bridgehead atoms. The number of halogens is 1. The number of ether oxygens (including phenoxy) is 2. The number of rotatable bonds is 4. The van der Waals surface area contributed by atoms with Gasteiger partial charge in [-0.15, -0.1) is 0 Å². The predicted octanol–water partition coefficient (Wildman–Crippen LogP) is 3.78. The van der Waals surface area contributed by atoms with E-state index < -0.39 is 0 Å². The van der Waals surface area contributed by atoms with Crippen molar-refractivity contribution in [1.29, 1.82) is 0 Å². The highest BCUT2D eigenvalue weighted by molar-refractivity contribution is 5.79. The number of hydrogen-bond donors (Lipinski definition) is 2. The van der Waals surface area contributed by atoms with Crippen LogP contribution in [0, 0.1) is 5.82 Å². The number of fused-ring (bicyclic) bond motifs is 1. The summed E-state index contributed by atoms with van der Waals surface area (Å²) in [6, 6.07) is 11.9. The summed E-state index contributed by atoms with van der Waals surface area (Å²) in [5.74, 6) is 1.57. The second-order valence-corrected chi connectivity index (χ2v) is 5.48. The molecule has 6 nitrogen and oxygen atoms in total. The Morgan fingerprint density at radius 1 is 0.960 bits per heavy atom. The molecule has 0 amide bonds. The highest BCUT2D eigenvalue weighted by Gasteiger charge is 2.12. The van der Waals surface area contributed by atoms with Crippen LogP contribution in [0.5, 0.6) is 11.5 Å². The topological polar surface area (TPSA) is 75.8 Å². The molecule has 2 heterocycles. The maximum Gasteiger partial charge on any atom is 0.161 e. The average Bonchev–Trinajstić information content (AvgIpc) is 3.27. The van der Waals surface area contributed by atoms with Crippen LogP contribution >= 0.6 is 0 Å². The first-order valence-electron chi connectivity index (χ1n) is 7.61. The molecule has 0 atom stereocenters. The van der Waals surface area contributed by atoms with E-state index in [1.165, 1.54) is 12.1 Å². The van der Waals surface area contributed by atoms with E-state index in [4.69, 9.17) is 9.47 Å². The van der Waals surface area contributed by atoms with Gasteiger partial charge in [-0.3, -0.25) is 5.10 Å². The number of aromatic nitrogens is 4. The third kappa shape index (κ3) is 2.69. The van der Waals surface area contributed by atoms with E-state index in [0.29, 0.717) is 34.1 Å². The molecule has 0 saturated heterocycles. The first-order valence-corrected chi connectivity index (χ1v) is 7.61. The lowest BCUT2D eigenvalue weighted by molar-refractivity contribution is 0.355. The van der Waals surface area contributed by atoms with Gasteiger partial charge in [-0.25, -0.2) is 9.37 Å². The van der Waals surface area contributed by atoms with Crippen LogP contribution in [-0.2, 0) is 0 Å². The lowest BCUT2D eigenvalue weighted by atomic mass is 10.1. The third-order valence-corrected chi connectivity index (χ3v) is 3.96. The Morgan fingerprint density at radius 3 is 2.60 bits per heavy atom. The zero-order valence-corrected chi connectivity index (χ0v) is 13.6. The molecule has 0 radical (unpaired) electrons. The normalized spacial score (nSPS) is 11.0. The highest BCUT2D eigenvalue weighted by Crippen LogP contribution is 2.32. The summed E-state index contributed by atoms with van der Waals surface area (Å²) in [5.41, 5.74) is 3.65. The summed E-state index contributed by atoms with van der Waals surface area (Å²) in [6.07, 6.45) is 0. The number of nitrogens with one attached hydrogen (secondary N) is 2. The Balaban J connectivity index is 1.71. The van der Waals surface area contributed by atoms with Crippen molar-refractivity contribution in [2.45, 2.75) is 0 Å². The van der Waals surface area contributed by atoms with Crippen molar-refractivity contribution in [1.82, 2.24) is 20.2 Å². The zero-order chi connectivity index (χ0) is 17.4. The second-order valence-electron chi connectivity index (χ2n) is 5.48. The summed E-state index contributed by atoms with van der Waals surface area (Å²) < 4.78 is 23.9. The van der Waals surface area contributed by atoms with Gasteiger partial charge in [0.1, 0.15) is 11.5 Å². The molecule has 7 heteroatoms. The van der Waals surface area contributed by atoms with Gasteiger partial charge in [0.2, 0.25) is 0 Å². The molecular formula is C18H15FN4O2. The fraction of sp³-hybridized carbons (Fsp3) is 0.111. The molecule has 0 fully saturated rings. The lowest BCUT2D eigenvalue weighted by Crippen LogP contribution is -1.90. The maximum atomic E-state index is 13.3. The van der Waals surface area contributed by atoms with Crippen molar-refractivity contribution in [3.63, 3.8) is 0 Å². The Hall–Kier alpha value is -3.35. The van der Waals surface area contributed by atoms with E-state index in [-0.39, 0.29) is 5.82 Å². The molecule has 0 saturated carbocycles. The molecule has 126 valence electrons. The van der Waals surface area contributed by atoms with Crippen molar-refractivity contribution >= 4 is 11.0 Å². The number of aromatic amines is 2. The minimum absolute atomic E-state index is 0.307. The first-order chi connectivity index (χ1) is 12.2. The van der Waals surface area contributed by atoms with E-state index in [0.717, 1.165) is 11.3 Å². The molecule has 0 spiro atoms. The van der Waals surface area contributed by atoms with Crippen molar-refractivity contribution in [3.05, 3.63) is 48.3 Å². The average molecular weight is 338 g/mol. The van der Waals surface area contributed by atoms with Crippen molar-refractivity contribution in [3.8, 4) is 34.3 Å². The van der Waals surface area contributed by atoms with Crippen LogP contribution in [0.3, 0.4) is 0 Å². The zero-order valence-electron chi connectivity index (χ0n) is 13.6.